The van der Waals surface area contributed by atoms with Gasteiger partial charge in [0.05, 0.1) is 11.7 Å². The van der Waals surface area contributed by atoms with Crippen molar-refractivity contribution in [2.75, 3.05) is 0 Å². The van der Waals surface area contributed by atoms with E-state index in [2.05, 4.69) is 32.5 Å². The zero-order valence-corrected chi connectivity index (χ0v) is 13.8. The van der Waals surface area contributed by atoms with Gasteiger partial charge in [0, 0.05) is 26.7 Å². The number of fused-ring (bicyclic) bond motifs is 1. The van der Waals surface area contributed by atoms with E-state index in [1.165, 1.54) is 12.1 Å². The zero-order chi connectivity index (χ0) is 17.2. The van der Waals surface area contributed by atoms with E-state index >= 15 is 0 Å². The lowest BCUT2D eigenvalue weighted by Crippen LogP contribution is -1.92. The zero-order valence-electron chi connectivity index (χ0n) is 12.9. The molecule has 6 heteroatoms. The summed E-state index contributed by atoms with van der Waals surface area (Å²) >= 11 is 4.30. The smallest absolute Gasteiger partial charge is 0.171 e. The summed E-state index contributed by atoms with van der Waals surface area (Å²) in [5.41, 5.74) is 4.22. The van der Waals surface area contributed by atoms with Crippen LogP contribution in [0.15, 0.2) is 71.9 Å². The Bertz CT molecular complexity index is 1040. The Hall–Kier alpha value is -2.99. The summed E-state index contributed by atoms with van der Waals surface area (Å²) in [6.45, 7) is 0. The predicted octanol–water partition coefficient (Wildman–Crippen LogP) is 4.91. The molecule has 2 aromatic carbocycles. The summed E-state index contributed by atoms with van der Waals surface area (Å²) in [4.78, 5) is 17.9. The minimum absolute atomic E-state index is 0.140. The van der Waals surface area contributed by atoms with Gasteiger partial charge >= 0.3 is 0 Å². The van der Waals surface area contributed by atoms with Gasteiger partial charge in [-0.25, -0.2) is 9.97 Å². The van der Waals surface area contributed by atoms with Crippen molar-refractivity contribution in [2.45, 2.75) is 4.90 Å². The number of aromatic nitrogens is 3. The summed E-state index contributed by atoms with van der Waals surface area (Å²) in [5.74, 6) is 0.684. The van der Waals surface area contributed by atoms with E-state index in [1.54, 1.807) is 24.5 Å². The van der Waals surface area contributed by atoms with Crippen LogP contribution in [0.5, 0.6) is 5.75 Å². The van der Waals surface area contributed by atoms with E-state index in [-0.39, 0.29) is 5.75 Å². The topological polar surface area (TPSA) is 47.9 Å². The van der Waals surface area contributed by atoms with Crippen LogP contribution in [0.4, 0.5) is 4.53 Å². The highest BCUT2D eigenvalue weighted by atomic mass is 32.1. The van der Waals surface area contributed by atoms with Crippen LogP contribution in [0.3, 0.4) is 0 Å². The van der Waals surface area contributed by atoms with E-state index in [0.717, 1.165) is 27.1 Å². The first kappa shape index (κ1) is 15.5. The van der Waals surface area contributed by atoms with Crippen molar-refractivity contribution in [1.29, 1.82) is 0 Å². The third kappa shape index (κ3) is 3.16. The lowest BCUT2D eigenvalue weighted by Gasteiger charge is -2.05. The molecule has 0 aliphatic carbocycles. The van der Waals surface area contributed by atoms with Crippen molar-refractivity contribution in [2.24, 2.45) is 0 Å². The van der Waals surface area contributed by atoms with Crippen LogP contribution in [0.1, 0.15) is 0 Å². The molecule has 0 saturated carbocycles. The van der Waals surface area contributed by atoms with E-state index in [0.29, 0.717) is 11.3 Å². The van der Waals surface area contributed by atoms with Gasteiger partial charge in [-0.15, -0.1) is 12.6 Å². The molecular formula is C19H12FN3OS. The van der Waals surface area contributed by atoms with Crippen molar-refractivity contribution in [3.05, 3.63) is 67.0 Å². The molecule has 0 amide bonds. The number of hydrogen-bond donors (Lipinski definition) is 1. The van der Waals surface area contributed by atoms with Gasteiger partial charge < -0.3 is 0 Å². The average Bonchev–Trinajstić information content (AvgIpc) is 2.68. The molecule has 0 bridgehead atoms. The second kappa shape index (κ2) is 6.49. The minimum atomic E-state index is 0.140. The van der Waals surface area contributed by atoms with E-state index in [1.807, 2.05) is 30.3 Å². The fourth-order valence-corrected chi connectivity index (χ4v) is 2.67. The molecule has 4 nitrogen and oxygen atoms in total. The first-order valence-corrected chi connectivity index (χ1v) is 7.99. The Morgan fingerprint density at radius 3 is 2.20 bits per heavy atom. The van der Waals surface area contributed by atoms with Gasteiger partial charge in [0.1, 0.15) is 5.52 Å². The Morgan fingerprint density at radius 1 is 0.760 bits per heavy atom. The second-order valence-electron chi connectivity index (χ2n) is 5.47. The Kier molecular flexibility index (Phi) is 4.03. The maximum absolute atomic E-state index is 12.2. The fourth-order valence-electron chi connectivity index (χ4n) is 2.52. The maximum atomic E-state index is 12.2. The number of rotatable bonds is 3. The molecule has 122 valence electrons. The van der Waals surface area contributed by atoms with Gasteiger partial charge in [0.2, 0.25) is 0 Å². The first-order chi connectivity index (χ1) is 12.2. The minimum Gasteiger partial charge on any atom is -0.294 e. The number of nitrogens with zero attached hydrogens (tertiary/aromatic N) is 3. The molecule has 0 aliphatic heterocycles. The largest absolute Gasteiger partial charge is 0.294 e. The highest BCUT2D eigenvalue weighted by Crippen LogP contribution is 2.25. The summed E-state index contributed by atoms with van der Waals surface area (Å²) in [6, 6.07) is 16.3. The molecule has 0 saturated heterocycles. The van der Waals surface area contributed by atoms with Crippen molar-refractivity contribution < 1.29 is 9.47 Å². The van der Waals surface area contributed by atoms with Gasteiger partial charge in [0.25, 0.3) is 0 Å². The number of halogens is 1. The molecule has 0 spiro atoms. The molecular weight excluding hydrogens is 337 g/mol. The lowest BCUT2D eigenvalue weighted by atomic mass is 10.1. The highest BCUT2D eigenvalue weighted by Gasteiger charge is 2.07. The van der Waals surface area contributed by atoms with Gasteiger partial charge in [0.15, 0.2) is 11.6 Å². The van der Waals surface area contributed by atoms with E-state index in [9.17, 15) is 4.53 Å². The van der Waals surface area contributed by atoms with Crippen molar-refractivity contribution in [3.63, 3.8) is 0 Å². The fraction of sp³-hybridized carbons (Fsp3) is 0. The summed E-state index contributed by atoms with van der Waals surface area (Å²) in [7, 11) is 0. The molecule has 4 aromatic rings. The van der Waals surface area contributed by atoms with Crippen LogP contribution in [-0.2, 0) is 0 Å². The lowest BCUT2D eigenvalue weighted by molar-refractivity contribution is -0.00618. The van der Waals surface area contributed by atoms with E-state index < -0.39 is 0 Å². The summed E-state index contributed by atoms with van der Waals surface area (Å²) in [6.07, 6.45) is 3.48. The second-order valence-corrected chi connectivity index (χ2v) is 5.99. The van der Waals surface area contributed by atoms with Crippen LogP contribution in [0.25, 0.3) is 33.5 Å². The van der Waals surface area contributed by atoms with Crippen molar-refractivity contribution in [1.82, 2.24) is 15.0 Å². The number of pyridine rings is 1. The Balaban J connectivity index is 1.76. The molecule has 2 aromatic heterocycles. The molecule has 0 unspecified atom stereocenters. The van der Waals surface area contributed by atoms with E-state index in [4.69, 9.17) is 0 Å². The SMILES string of the molecule is FOc1ccc(-c2ncc3ncc(-c4ccc(S)cc4)cc3n2)cc1. The van der Waals surface area contributed by atoms with Crippen LogP contribution >= 0.6 is 12.6 Å². The van der Waals surface area contributed by atoms with Crippen LogP contribution < -0.4 is 4.94 Å². The molecule has 4 rings (SSSR count). The molecule has 0 radical (unpaired) electrons. The van der Waals surface area contributed by atoms with Gasteiger partial charge in [-0.3, -0.25) is 9.93 Å². The molecule has 2 heterocycles. The molecule has 0 atom stereocenters. The Labute approximate surface area is 148 Å². The molecule has 0 aliphatic rings. The monoisotopic (exact) mass is 349 g/mol. The van der Waals surface area contributed by atoms with Gasteiger partial charge in [-0.1, -0.05) is 12.1 Å². The Morgan fingerprint density at radius 2 is 1.48 bits per heavy atom. The van der Waals surface area contributed by atoms with Crippen molar-refractivity contribution >= 4 is 23.7 Å². The number of thiol groups is 1. The third-order valence-electron chi connectivity index (χ3n) is 3.84. The summed E-state index contributed by atoms with van der Waals surface area (Å²) < 4.78 is 12.2. The van der Waals surface area contributed by atoms with Crippen molar-refractivity contribution in [3.8, 4) is 28.3 Å². The standard InChI is InChI=1S/C19H12FN3OS/c20-24-15-5-1-13(2-6-15)19-22-11-18-17(23-19)9-14(10-21-18)12-3-7-16(25)8-4-12/h1-11,25H. The maximum Gasteiger partial charge on any atom is 0.171 e. The predicted molar refractivity (Wildman–Crippen MR) is 97.2 cm³/mol. The normalized spacial score (nSPS) is 10.8. The van der Waals surface area contributed by atoms with Crippen LogP contribution in [-0.4, -0.2) is 15.0 Å². The van der Waals surface area contributed by atoms with Crippen LogP contribution in [0, 0.1) is 0 Å². The van der Waals surface area contributed by atoms with Gasteiger partial charge in [-0.2, -0.15) is 0 Å². The number of benzene rings is 2. The molecule has 0 fully saturated rings. The average molecular weight is 349 g/mol. The van der Waals surface area contributed by atoms with Gasteiger partial charge in [-0.05, 0) is 48.0 Å². The highest BCUT2D eigenvalue weighted by molar-refractivity contribution is 7.80. The first-order valence-electron chi connectivity index (χ1n) is 7.54. The number of hydrogen-bond acceptors (Lipinski definition) is 5. The quantitative estimate of drug-likeness (QED) is 0.534. The molecule has 0 N–H and O–H groups in total. The third-order valence-corrected chi connectivity index (χ3v) is 4.13. The summed E-state index contributed by atoms with van der Waals surface area (Å²) in [5, 5.41) is 0. The van der Waals surface area contributed by atoms with Crippen LogP contribution in [0.2, 0.25) is 0 Å². The molecule has 25 heavy (non-hydrogen) atoms.